The van der Waals surface area contributed by atoms with E-state index in [1.54, 1.807) is 18.2 Å². The summed E-state index contributed by atoms with van der Waals surface area (Å²) in [6, 6.07) is 11.3. The molecule has 33 heavy (non-hydrogen) atoms. The monoisotopic (exact) mass is 508 g/mol. The summed E-state index contributed by atoms with van der Waals surface area (Å²) in [5, 5.41) is 3.77. The lowest BCUT2D eigenvalue weighted by Gasteiger charge is -2.32. The number of aryl methyl sites for hydroxylation is 2. The highest BCUT2D eigenvalue weighted by Gasteiger charge is 2.33. The second-order valence-corrected chi connectivity index (χ2v) is 11.9. The zero-order valence-electron chi connectivity index (χ0n) is 18.8. The molecule has 1 amide bonds. The van der Waals surface area contributed by atoms with E-state index in [1.165, 1.54) is 28.3 Å². The Hall–Kier alpha value is -1.60. The molecule has 8 heteroatoms. The Morgan fingerprint density at radius 3 is 2.52 bits per heavy atom. The van der Waals surface area contributed by atoms with Gasteiger partial charge < -0.3 is 5.32 Å². The minimum Gasteiger partial charge on any atom is -0.349 e. The molecule has 0 spiro atoms. The molecular weight excluding hydrogens is 479 g/mol. The minimum absolute atomic E-state index is 0.101. The first kappa shape index (κ1) is 24.5. The SMILES string of the molecule is CC(NC(=O)C1CCCN(S(=O)(=O)Cc2c(Cl)cccc2Cl)C1)c1ccc2c(c1)CCCC2. The topological polar surface area (TPSA) is 66.5 Å². The van der Waals surface area contributed by atoms with Crippen LogP contribution in [0.5, 0.6) is 0 Å². The molecule has 1 aliphatic carbocycles. The van der Waals surface area contributed by atoms with Gasteiger partial charge in [0.25, 0.3) is 0 Å². The van der Waals surface area contributed by atoms with Crippen LogP contribution in [-0.2, 0) is 33.4 Å². The van der Waals surface area contributed by atoms with Gasteiger partial charge in [0.05, 0.1) is 17.7 Å². The molecule has 2 atom stereocenters. The number of carbonyl (C=O) groups excluding carboxylic acids is 1. The van der Waals surface area contributed by atoms with Crippen molar-refractivity contribution < 1.29 is 13.2 Å². The first-order valence-corrected chi connectivity index (χ1v) is 13.9. The highest BCUT2D eigenvalue weighted by Crippen LogP contribution is 2.30. The summed E-state index contributed by atoms with van der Waals surface area (Å²) >= 11 is 12.4. The number of hydrogen-bond acceptors (Lipinski definition) is 3. The Kier molecular flexibility index (Phi) is 7.69. The standard InChI is InChI=1S/C25H30Cl2N2O3S/c1-17(19-12-11-18-6-2-3-7-20(18)14-19)28-25(30)21-8-5-13-29(15-21)33(31,32)16-22-23(26)9-4-10-24(22)27/h4,9-12,14,17,21H,2-3,5-8,13,15-16H2,1H3,(H,28,30). The van der Waals surface area contributed by atoms with Crippen LogP contribution in [0, 0.1) is 5.92 Å². The quantitative estimate of drug-likeness (QED) is 0.576. The van der Waals surface area contributed by atoms with Crippen LogP contribution < -0.4 is 5.32 Å². The molecule has 2 aliphatic rings. The number of nitrogens with one attached hydrogen (secondary N) is 1. The Labute approximate surface area is 206 Å². The van der Waals surface area contributed by atoms with Crippen molar-refractivity contribution in [3.05, 3.63) is 68.7 Å². The van der Waals surface area contributed by atoms with Crippen molar-refractivity contribution in [2.24, 2.45) is 5.92 Å². The van der Waals surface area contributed by atoms with Crippen molar-refractivity contribution in [1.82, 2.24) is 9.62 Å². The second kappa shape index (κ2) is 10.3. The molecule has 0 radical (unpaired) electrons. The van der Waals surface area contributed by atoms with E-state index in [9.17, 15) is 13.2 Å². The summed E-state index contributed by atoms with van der Waals surface area (Å²) in [6.07, 6.45) is 5.98. The summed E-state index contributed by atoms with van der Waals surface area (Å²) in [4.78, 5) is 13.0. The van der Waals surface area contributed by atoms with Gasteiger partial charge in [-0.15, -0.1) is 0 Å². The van der Waals surface area contributed by atoms with E-state index in [1.807, 2.05) is 6.92 Å². The number of sulfonamides is 1. The van der Waals surface area contributed by atoms with E-state index in [0.29, 0.717) is 35.0 Å². The molecule has 0 aromatic heterocycles. The van der Waals surface area contributed by atoms with Crippen molar-refractivity contribution in [2.75, 3.05) is 13.1 Å². The molecule has 0 bridgehead atoms. The third-order valence-corrected chi connectivity index (χ3v) is 9.25. The predicted octanol–water partition coefficient (Wildman–Crippen LogP) is 5.29. The van der Waals surface area contributed by atoms with Gasteiger partial charge in [0, 0.05) is 28.7 Å². The molecule has 1 N–H and O–H groups in total. The molecule has 2 aromatic rings. The van der Waals surface area contributed by atoms with Crippen LogP contribution in [0.15, 0.2) is 36.4 Å². The van der Waals surface area contributed by atoms with Gasteiger partial charge in [-0.3, -0.25) is 4.79 Å². The van der Waals surface area contributed by atoms with Crippen molar-refractivity contribution in [3.8, 4) is 0 Å². The molecule has 2 aromatic carbocycles. The van der Waals surface area contributed by atoms with Crippen molar-refractivity contribution in [1.29, 1.82) is 0 Å². The normalized spacial score (nSPS) is 20.2. The highest BCUT2D eigenvalue weighted by atomic mass is 35.5. The van der Waals surface area contributed by atoms with Crippen LogP contribution >= 0.6 is 23.2 Å². The lowest BCUT2D eigenvalue weighted by molar-refractivity contribution is -0.126. The van der Waals surface area contributed by atoms with Crippen LogP contribution in [0.2, 0.25) is 10.0 Å². The van der Waals surface area contributed by atoms with Gasteiger partial charge in [0.2, 0.25) is 15.9 Å². The summed E-state index contributed by atoms with van der Waals surface area (Å²) in [6.45, 7) is 2.56. The summed E-state index contributed by atoms with van der Waals surface area (Å²) in [7, 11) is -3.65. The molecule has 0 saturated carbocycles. The average molecular weight is 509 g/mol. The van der Waals surface area contributed by atoms with E-state index in [-0.39, 0.29) is 30.2 Å². The fourth-order valence-electron chi connectivity index (χ4n) is 4.79. The molecule has 1 saturated heterocycles. The number of carbonyl (C=O) groups is 1. The molecular formula is C25H30Cl2N2O3S. The largest absolute Gasteiger partial charge is 0.349 e. The van der Waals surface area contributed by atoms with Gasteiger partial charge in [-0.25, -0.2) is 12.7 Å². The van der Waals surface area contributed by atoms with E-state index < -0.39 is 10.0 Å². The van der Waals surface area contributed by atoms with Crippen LogP contribution in [0.3, 0.4) is 0 Å². The maximum absolute atomic E-state index is 13.1. The van der Waals surface area contributed by atoms with Crippen molar-refractivity contribution in [2.45, 2.75) is 57.2 Å². The number of benzene rings is 2. The van der Waals surface area contributed by atoms with Gasteiger partial charge in [-0.1, -0.05) is 47.5 Å². The fraction of sp³-hybridized carbons (Fsp3) is 0.480. The minimum atomic E-state index is -3.65. The number of piperidine rings is 1. The summed E-state index contributed by atoms with van der Waals surface area (Å²) in [5.41, 5.74) is 4.29. The number of fused-ring (bicyclic) bond motifs is 1. The number of hydrogen-bond donors (Lipinski definition) is 1. The van der Waals surface area contributed by atoms with Gasteiger partial charge in [-0.05, 0) is 74.3 Å². The maximum Gasteiger partial charge on any atom is 0.224 e. The Morgan fingerprint density at radius 2 is 1.79 bits per heavy atom. The first-order valence-electron chi connectivity index (χ1n) is 11.6. The molecule has 2 unspecified atom stereocenters. The van der Waals surface area contributed by atoms with Crippen LogP contribution in [0.25, 0.3) is 0 Å². The van der Waals surface area contributed by atoms with E-state index in [0.717, 1.165) is 18.4 Å². The van der Waals surface area contributed by atoms with E-state index in [4.69, 9.17) is 23.2 Å². The zero-order valence-corrected chi connectivity index (χ0v) is 21.1. The van der Waals surface area contributed by atoms with Gasteiger partial charge in [-0.2, -0.15) is 0 Å². The van der Waals surface area contributed by atoms with E-state index in [2.05, 4.69) is 23.5 Å². The molecule has 178 valence electrons. The van der Waals surface area contributed by atoms with Gasteiger partial charge >= 0.3 is 0 Å². The van der Waals surface area contributed by atoms with Crippen molar-refractivity contribution in [3.63, 3.8) is 0 Å². The Balaban J connectivity index is 1.41. The number of nitrogens with zero attached hydrogens (tertiary/aromatic N) is 1. The molecule has 4 rings (SSSR count). The lowest BCUT2D eigenvalue weighted by atomic mass is 9.89. The zero-order chi connectivity index (χ0) is 23.6. The van der Waals surface area contributed by atoms with Gasteiger partial charge in [0.15, 0.2) is 0 Å². The second-order valence-electron chi connectivity index (χ2n) is 9.12. The molecule has 1 fully saturated rings. The smallest absolute Gasteiger partial charge is 0.224 e. The summed E-state index contributed by atoms with van der Waals surface area (Å²) in [5.74, 6) is -0.753. The maximum atomic E-state index is 13.1. The molecule has 1 aliphatic heterocycles. The predicted molar refractivity (Wildman–Crippen MR) is 133 cm³/mol. The first-order chi connectivity index (χ1) is 15.7. The highest BCUT2D eigenvalue weighted by molar-refractivity contribution is 7.88. The number of amides is 1. The van der Waals surface area contributed by atoms with Crippen LogP contribution in [-0.4, -0.2) is 31.7 Å². The summed E-state index contributed by atoms with van der Waals surface area (Å²) < 4.78 is 27.6. The van der Waals surface area contributed by atoms with Crippen molar-refractivity contribution >= 4 is 39.1 Å². The average Bonchev–Trinajstić information content (AvgIpc) is 2.81. The third kappa shape index (κ3) is 5.73. The third-order valence-electron chi connectivity index (χ3n) is 6.77. The van der Waals surface area contributed by atoms with Crippen LogP contribution in [0.1, 0.15) is 60.9 Å². The Bertz CT molecular complexity index is 1120. The number of rotatable bonds is 6. The Morgan fingerprint density at radius 1 is 1.09 bits per heavy atom. The van der Waals surface area contributed by atoms with Gasteiger partial charge in [0.1, 0.15) is 0 Å². The van der Waals surface area contributed by atoms with Crippen LogP contribution in [0.4, 0.5) is 0 Å². The molecule has 1 heterocycles. The molecule has 5 nitrogen and oxygen atoms in total. The van der Waals surface area contributed by atoms with E-state index >= 15 is 0 Å². The lowest BCUT2D eigenvalue weighted by Crippen LogP contribution is -2.46. The number of halogens is 2. The fourth-order valence-corrected chi connectivity index (χ4v) is 7.15.